The molecular weight excluding hydrogens is 600 g/mol. The van der Waals surface area contributed by atoms with Gasteiger partial charge in [0.25, 0.3) is 0 Å². The lowest BCUT2D eigenvalue weighted by molar-refractivity contribution is -0.144. The summed E-state index contributed by atoms with van der Waals surface area (Å²) in [4.78, 5) is 57.7. The topological polar surface area (TPSA) is 137 Å². The monoisotopic (exact) mass is 642 g/mol. The van der Waals surface area contributed by atoms with Crippen molar-refractivity contribution in [1.29, 1.82) is 0 Å². The molecule has 0 aliphatic rings. The average Bonchev–Trinajstić information content (AvgIpc) is 3.56. The third-order valence-corrected chi connectivity index (χ3v) is 7.89. The van der Waals surface area contributed by atoms with Crippen LogP contribution in [0.4, 0.5) is 0 Å². The van der Waals surface area contributed by atoms with Gasteiger partial charge in [-0.05, 0) is 73.9 Å². The first-order valence-electron chi connectivity index (χ1n) is 15.9. The predicted octanol–water partition coefficient (Wildman–Crippen LogP) is 6.26. The van der Waals surface area contributed by atoms with Crippen LogP contribution in [-0.2, 0) is 61.0 Å². The number of carbonyl (C=O) groups is 4. The normalized spacial score (nSPS) is 10.8. The van der Waals surface area contributed by atoms with Gasteiger partial charge in [-0.2, -0.15) is 0 Å². The van der Waals surface area contributed by atoms with Crippen LogP contribution in [0.1, 0.15) is 92.4 Å². The number of esters is 4. The van der Waals surface area contributed by atoms with E-state index in [1.807, 2.05) is 74.5 Å². The van der Waals surface area contributed by atoms with Gasteiger partial charge in [-0.15, -0.1) is 0 Å². The number of nitrogens with one attached hydrogen (secondary N) is 2. The Morgan fingerprint density at radius 3 is 1.32 bits per heavy atom. The predicted molar refractivity (Wildman–Crippen MR) is 175 cm³/mol. The minimum atomic E-state index is -0.523. The summed E-state index contributed by atoms with van der Waals surface area (Å²) in [5.41, 5.74) is 6.54. The summed E-state index contributed by atoms with van der Waals surface area (Å²) < 4.78 is 21.6. The van der Waals surface area contributed by atoms with Gasteiger partial charge in [0.2, 0.25) is 0 Å². The zero-order chi connectivity index (χ0) is 33.8. The third-order valence-electron chi connectivity index (χ3n) is 7.89. The van der Waals surface area contributed by atoms with Gasteiger partial charge in [-0.3, -0.25) is 9.59 Å². The van der Waals surface area contributed by atoms with E-state index in [2.05, 4.69) is 9.97 Å². The Hall–Kier alpha value is -5.12. The van der Waals surface area contributed by atoms with Crippen LogP contribution in [0.5, 0.6) is 0 Å². The molecule has 2 heterocycles. The Bertz CT molecular complexity index is 1550. The fourth-order valence-corrected chi connectivity index (χ4v) is 5.47. The number of H-pyrrole nitrogens is 2. The molecule has 248 valence electrons. The second kappa shape index (κ2) is 17.0. The van der Waals surface area contributed by atoms with Crippen LogP contribution in [0.2, 0.25) is 0 Å². The molecule has 0 spiro atoms. The molecule has 0 saturated carbocycles. The quantitative estimate of drug-likeness (QED) is 0.108. The number of aromatic amines is 2. The van der Waals surface area contributed by atoms with E-state index >= 15 is 0 Å². The van der Waals surface area contributed by atoms with E-state index in [1.54, 1.807) is 13.8 Å². The second-order valence-corrected chi connectivity index (χ2v) is 11.1. The number of carbonyl (C=O) groups excluding carboxylic acids is 4. The van der Waals surface area contributed by atoms with Crippen LogP contribution in [0.3, 0.4) is 0 Å². The summed E-state index contributed by atoms with van der Waals surface area (Å²) in [5.74, 6) is -1.74. The van der Waals surface area contributed by atoms with Crippen molar-refractivity contribution in [3.8, 4) is 0 Å². The van der Waals surface area contributed by atoms with Crippen LogP contribution in [0, 0.1) is 13.8 Å². The molecule has 0 aliphatic heterocycles. The second-order valence-electron chi connectivity index (χ2n) is 11.1. The number of rotatable bonds is 16. The molecular formula is C37H42N2O8. The maximum atomic E-state index is 13.3. The first-order chi connectivity index (χ1) is 22.7. The van der Waals surface area contributed by atoms with Crippen molar-refractivity contribution in [2.75, 3.05) is 13.2 Å². The summed E-state index contributed by atoms with van der Waals surface area (Å²) >= 11 is 0. The van der Waals surface area contributed by atoms with Crippen LogP contribution < -0.4 is 0 Å². The highest BCUT2D eigenvalue weighted by atomic mass is 16.5. The Morgan fingerprint density at radius 2 is 0.957 bits per heavy atom. The van der Waals surface area contributed by atoms with Crippen molar-refractivity contribution in [3.05, 3.63) is 117 Å². The Kier molecular flexibility index (Phi) is 12.6. The highest BCUT2D eigenvalue weighted by Crippen LogP contribution is 2.28. The molecule has 4 aromatic rings. The van der Waals surface area contributed by atoms with E-state index < -0.39 is 11.9 Å². The molecule has 0 bridgehead atoms. The van der Waals surface area contributed by atoms with Gasteiger partial charge in [-0.1, -0.05) is 60.7 Å². The van der Waals surface area contributed by atoms with Gasteiger partial charge >= 0.3 is 23.9 Å². The van der Waals surface area contributed by atoms with Crippen molar-refractivity contribution >= 4 is 23.9 Å². The lowest BCUT2D eigenvalue weighted by Gasteiger charge is -2.08. The maximum Gasteiger partial charge on any atom is 0.355 e. The molecule has 0 unspecified atom stereocenters. The Balaban J connectivity index is 1.65. The van der Waals surface area contributed by atoms with Crippen LogP contribution in [-0.4, -0.2) is 47.1 Å². The molecule has 0 atom stereocenters. The van der Waals surface area contributed by atoms with Gasteiger partial charge in [0, 0.05) is 30.7 Å². The van der Waals surface area contributed by atoms with Crippen LogP contribution in [0.15, 0.2) is 60.7 Å². The summed E-state index contributed by atoms with van der Waals surface area (Å²) in [6.45, 7) is 7.87. The van der Waals surface area contributed by atoms with Crippen molar-refractivity contribution in [2.24, 2.45) is 0 Å². The average molecular weight is 643 g/mol. The zero-order valence-corrected chi connectivity index (χ0v) is 27.4. The lowest BCUT2D eigenvalue weighted by Crippen LogP contribution is -2.08. The number of ether oxygens (including phenoxy) is 4. The summed E-state index contributed by atoms with van der Waals surface area (Å²) in [6, 6.07) is 18.8. The Labute approximate surface area is 274 Å². The van der Waals surface area contributed by atoms with Crippen molar-refractivity contribution < 1.29 is 38.1 Å². The van der Waals surface area contributed by atoms with E-state index in [0.717, 1.165) is 22.3 Å². The van der Waals surface area contributed by atoms with Gasteiger partial charge < -0.3 is 28.9 Å². The molecule has 0 saturated heterocycles. The van der Waals surface area contributed by atoms with Gasteiger partial charge in [0.1, 0.15) is 24.6 Å². The maximum absolute atomic E-state index is 13.3. The van der Waals surface area contributed by atoms with Gasteiger partial charge in [0.05, 0.1) is 13.2 Å². The van der Waals surface area contributed by atoms with E-state index in [0.29, 0.717) is 35.4 Å². The van der Waals surface area contributed by atoms with Crippen LogP contribution >= 0.6 is 0 Å². The minimum absolute atomic E-state index is 0.105. The highest BCUT2D eigenvalue weighted by molar-refractivity contribution is 5.91. The number of hydrogen-bond acceptors (Lipinski definition) is 8. The smallest absolute Gasteiger partial charge is 0.355 e. The molecule has 10 nitrogen and oxygen atoms in total. The SMILES string of the molecule is CCOC(=O)CCc1c(Cc2[nH]c(C(=O)OCc3ccccc3)c(C)c2CCC(=O)OCC)[nH]c(C(=O)OCc2ccccc2)c1C. The number of aromatic nitrogens is 2. The minimum Gasteiger partial charge on any atom is -0.466 e. The largest absolute Gasteiger partial charge is 0.466 e. The summed E-state index contributed by atoms with van der Waals surface area (Å²) in [5, 5.41) is 0. The summed E-state index contributed by atoms with van der Waals surface area (Å²) in [7, 11) is 0. The molecule has 10 heteroatoms. The first kappa shape index (κ1) is 34.7. The van der Waals surface area contributed by atoms with Gasteiger partial charge in [-0.25, -0.2) is 9.59 Å². The van der Waals surface area contributed by atoms with E-state index in [-0.39, 0.29) is 69.0 Å². The van der Waals surface area contributed by atoms with E-state index in [1.165, 1.54) is 0 Å². The van der Waals surface area contributed by atoms with Crippen LogP contribution in [0.25, 0.3) is 0 Å². The molecule has 47 heavy (non-hydrogen) atoms. The van der Waals surface area contributed by atoms with Crippen molar-refractivity contribution in [1.82, 2.24) is 9.97 Å². The molecule has 2 aromatic carbocycles. The third kappa shape index (κ3) is 9.45. The fraction of sp³-hybridized carbons (Fsp3) is 0.351. The Morgan fingerprint density at radius 1 is 0.574 bits per heavy atom. The molecule has 2 N–H and O–H groups in total. The molecule has 0 aliphatic carbocycles. The van der Waals surface area contributed by atoms with E-state index in [4.69, 9.17) is 18.9 Å². The lowest BCUT2D eigenvalue weighted by atomic mass is 9.98. The fourth-order valence-electron chi connectivity index (χ4n) is 5.47. The highest BCUT2D eigenvalue weighted by Gasteiger charge is 2.26. The number of benzene rings is 2. The van der Waals surface area contributed by atoms with Gasteiger partial charge in [0.15, 0.2) is 0 Å². The standard InChI is InChI=1S/C37H42N2O8/c1-5-44-32(40)19-17-28-24(3)34(36(42)46-22-26-13-9-7-10-14-26)38-30(28)21-31-29(18-20-33(41)45-6-2)25(4)35(39-31)37(43)47-23-27-15-11-8-12-16-27/h7-16,38-39H,5-6,17-23H2,1-4H3. The molecule has 0 radical (unpaired) electrons. The number of hydrogen-bond donors (Lipinski definition) is 2. The molecule has 2 aromatic heterocycles. The summed E-state index contributed by atoms with van der Waals surface area (Å²) in [6.07, 6.45) is 1.15. The van der Waals surface area contributed by atoms with E-state index in [9.17, 15) is 19.2 Å². The molecule has 0 fully saturated rings. The zero-order valence-electron chi connectivity index (χ0n) is 27.4. The first-order valence-corrected chi connectivity index (χ1v) is 15.9. The molecule has 4 rings (SSSR count). The molecule has 0 amide bonds. The van der Waals surface area contributed by atoms with Crippen molar-refractivity contribution in [2.45, 2.75) is 73.0 Å². The van der Waals surface area contributed by atoms with Crippen molar-refractivity contribution in [3.63, 3.8) is 0 Å².